The summed E-state index contributed by atoms with van der Waals surface area (Å²) in [4.78, 5) is 12.3. The zero-order chi connectivity index (χ0) is 20.5. The third kappa shape index (κ3) is 3.31. The van der Waals surface area contributed by atoms with Gasteiger partial charge in [-0.1, -0.05) is 11.6 Å². The van der Waals surface area contributed by atoms with Gasteiger partial charge in [-0.3, -0.25) is 5.10 Å². The zero-order valence-electron chi connectivity index (χ0n) is 16.8. The fourth-order valence-electron chi connectivity index (χ4n) is 3.55. The number of fused-ring (bicyclic) bond motifs is 3. The molecular formula is C22H22N2O4S. The van der Waals surface area contributed by atoms with Crippen LogP contribution in [0.15, 0.2) is 28.5 Å². The predicted octanol–water partition coefficient (Wildman–Crippen LogP) is 5.31. The van der Waals surface area contributed by atoms with E-state index in [9.17, 15) is 4.79 Å². The van der Waals surface area contributed by atoms with Gasteiger partial charge in [-0.2, -0.15) is 16.4 Å². The van der Waals surface area contributed by atoms with Crippen LogP contribution in [0.25, 0.3) is 28.5 Å². The summed E-state index contributed by atoms with van der Waals surface area (Å²) in [6.07, 6.45) is 2.07. The van der Waals surface area contributed by atoms with E-state index in [0.29, 0.717) is 29.3 Å². The number of rotatable bonds is 5. The van der Waals surface area contributed by atoms with Gasteiger partial charge in [-0.05, 0) is 49.2 Å². The van der Waals surface area contributed by atoms with Crippen molar-refractivity contribution in [1.29, 1.82) is 0 Å². The van der Waals surface area contributed by atoms with E-state index in [-0.39, 0.29) is 6.61 Å². The Bertz CT molecular complexity index is 1090. The van der Waals surface area contributed by atoms with Crippen LogP contribution in [0, 0.1) is 0 Å². The minimum atomic E-state index is -0.426. The summed E-state index contributed by atoms with van der Waals surface area (Å²) in [5.74, 6) is 1.04. The number of carbonyl (C=O) groups is 1. The normalized spacial score (nSPS) is 11.9. The number of methoxy groups -OCH3 is 1. The minimum Gasteiger partial charge on any atom is -0.495 e. The maximum Gasteiger partial charge on any atom is 0.356 e. The quantitative estimate of drug-likeness (QED) is 0.577. The molecule has 0 unspecified atom stereocenters. The van der Waals surface area contributed by atoms with E-state index in [1.807, 2.05) is 31.4 Å². The van der Waals surface area contributed by atoms with Crippen LogP contribution >= 0.6 is 11.3 Å². The van der Waals surface area contributed by atoms with Crippen molar-refractivity contribution in [2.75, 3.05) is 13.7 Å². The molecule has 150 valence electrons. The van der Waals surface area contributed by atoms with Gasteiger partial charge in [0.2, 0.25) is 0 Å². The number of esters is 1. The van der Waals surface area contributed by atoms with Gasteiger partial charge in [0.05, 0.1) is 24.8 Å². The zero-order valence-corrected chi connectivity index (χ0v) is 17.6. The van der Waals surface area contributed by atoms with E-state index >= 15 is 0 Å². The number of ether oxygens (including phenoxy) is 3. The Labute approximate surface area is 173 Å². The first-order valence-electron chi connectivity index (χ1n) is 9.35. The lowest BCUT2D eigenvalue weighted by Gasteiger charge is -2.23. The number of aromatic amines is 1. The highest BCUT2D eigenvalue weighted by Gasteiger charge is 2.31. The number of allylic oxidation sites excluding steroid dienone is 1. The highest BCUT2D eigenvalue weighted by Crippen LogP contribution is 2.50. The highest BCUT2D eigenvalue weighted by atomic mass is 32.1. The molecule has 0 bridgehead atoms. The van der Waals surface area contributed by atoms with Gasteiger partial charge in [0.15, 0.2) is 5.69 Å². The third-order valence-corrected chi connectivity index (χ3v) is 5.36. The molecule has 2 aromatic heterocycles. The molecule has 3 aromatic rings. The van der Waals surface area contributed by atoms with E-state index in [4.69, 9.17) is 14.2 Å². The first-order valence-corrected chi connectivity index (χ1v) is 10.3. The molecule has 1 aliphatic rings. The van der Waals surface area contributed by atoms with Gasteiger partial charge in [0.1, 0.15) is 23.8 Å². The van der Waals surface area contributed by atoms with Gasteiger partial charge in [0.25, 0.3) is 0 Å². The van der Waals surface area contributed by atoms with Crippen molar-refractivity contribution in [3.63, 3.8) is 0 Å². The lowest BCUT2D eigenvalue weighted by molar-refractivity contribution is 0.0516. The highest BCUT2D eigenvalue weighted by molar-refractivity contribution is 7.08. The summed E-state index contributed by atoms with van der Waals surface area (Å²) < 4.78 is 17.1. The molecule has 0 fully saturated rings. The van der Waals surface area contributed by atoms with E-state index in [1.165, 1.54) is 0 Å². The Morgan fingerprint density at radius 3 is 2.90 bits per heavy atom. The standard InChI is InChI=1S/C22H22N2O4S/c1-5-27-22(25)19-16-10-28-21-15(18(16)23-24-19)9-14(8-12(2)3)20(26-4)17(21)13-6-7-29-11-13/h6-9,11H,5,10H2,1-4H3,(H,23,24). The fraction of sp³-hybridized carbons (Fsp3) is 0.273. The molecule has 0 aliphatic carbocycles. The summed E-state index contributed by atoms with van der Waals surface area (Å²) in [5.41, 5.74) is 6.58. The summed E-state index contributed by atoms with van der Waals surface area (Å²) in [5, 5.41) is 11.4. The van der Waals surface area contributed by atoms with Gasteiger partial charge < -0.3 is 14.2 Å². The molecule has 7 heteroatoms. The Kier molecular flexibility index (Phi) is 5.15. The number of benzene rings is 1. The Hall–Kier alpha value is -3.06. The van der Waals surface area contributed by atoms with Gasteiger partial charge in [-0.25, -0.2) is 4.79 Å². The summed E-state index contributed by atoms with van der Waals surface area (Å²) >= 11 is 1.61. The van der Waals surface area contributed by atoms with Crippen molar-refractivity contribution in [3.05, 3.63) is 45.3 Å². The van der Waals surface area contributed by atoms with Crippen LogP contribution in [0.5, 0.6) is 11.5 Å². The Morgan fingerprint density at radius 2 is 2.24 bits per heavy atom. The van der Waals surface area contributed by atoms with Crippen molar-refractivity contribution in [1.82, 2.24) is 10.2 Å². The topological polar surface area (TPSA) is 73.4 Å². The molecule has 3 heterocycles. The largest absolute Gasteiger partial charge is 0.495 e. The minimum absolute atomic E-state index is 0.231. The number of hydrogen-bond acceptors (Lipinski definition) is 6. The fourth-order valence-corrected chi connectivity index (χ4v) is 4.19. The SMILES string of the molecule is CCOC(=O)c1[nH]nc2c1COc1c-2cc(C=C(C)C)c(OC)c1-c1ccsc1. The van der Waals surface area contributed by atoms with Crippen molar-refractivity contribution >= 4 is 23.4 Å². The van der Waals surface area contributed by atoms with Crippen LogP contribution in [0.3, 0.4) is 0 Å². The molecule has 1 aromatic carbocycles. The average Bonchev–Trinajstić information content (AvgIpc) is 3.36. The molecule has 0 spiro atoms. The van der Waals surface area contributed by atoms with Crippen LogP contribution in [0.2, 0.25) is 0 Å². The van der Waals surface area contributed by atoms with E-state index < -0.39 is 5.97 Å². The summed E-state index contributed by atoms with van der Waals surface area (Å²) in [6, 6.07) is 4.05. The molecule has 1 aliphatic heterocycles. The van der Waals surface area contributed by atoms with Gasteiger partial charge in [-0.15, -0.1) is 0 Å². The molecular weight excluding hydrogens is 388 g/mol. The van der Waals surface area contributed by atoms with Crippen LogP contribution in [-0.4, -0.2) is 29.9 Å². The number of H-pyrrole nitrogens is 1. The number of aromatic nitrogens is 2. The third-order valence-electron chi connectivity index (χ3n) is 4.68. The van der Waals surface area contributed by atoms with E-state index in [0.717, 1.165) is 33.6 Å². The molecule has 0 atom stereocenters. The lowest BCUT2D eigenvalue weighted by atomic mass is 9.92. The summed E-state index contributed by atoms with van der Waals surface area (Å²) in [6.45, 7) is 6.39. The van der Waals surface area contributed by atoms with E-state index in [2.05, 4.69) is 21.7 Å². The maximum absolute atomic E-state index is 12.3. The predicted molar refractivity (Wildman–Crippen MR) is 114 cm³/mol. The molecule has 29 heavy (non-hydrogen) atoms. The van der Waals surface area contributed by atoms with Crippen molar-refractivity contribution < 1.29 is 19.0 Å². The van der Waals surface area contributed by atoms with E-state index in [1.54, 1.807) is 25.4 Å². The van der Waals surface area contributed by atoms with Gasteiger partial charge in [0, 0.05) is 11.1 Å². The molecule has 4 rings (SSSR count). The second-order valence-electron chi connectivity index (χ2n) is 6.92. The molecule has 0 radical (unpaired) electrons. The van der Waals surface area contributed by atoms with Crippen LogP contribution in [0.1, 0.15) is 42.4 Å². The first kappa shape index (κ1) is 19.3. The molecule has 1 N–H and O–H groups in total. The maximum atomic E-state index is 12.3. The van der Waals surface area contributed by atoms with Crippen molar-refractivity contribution in [3.8, 4) is 33.9 Å². The lowest BCUT2D eigenvalue weighted by Crippen LogP contribution is -2.12. The number of carbonyl (C=O) groups excluding carboxylic acids is 1. The molecule has 0 amide bonds. The summed E-state index contributed by atoms with van der Waals surface area (Å²) in [7, 11) is 1.67. The number of hydrogen-bond donors (Lipinski definition) is 1. The first-order chi connectivity index (χ1) is 14.0. The second-order valence-corrected chi connectivity index (χ2v) is 7.70. The molecule has 0 saturated carbocycles. The monoisotopic (exact) mass is 410 g/mol. The Balaban J connectivity index is 1.98. The Morgan fingerprint density at radius 1 is 1.41 bits per heavy atom. The van der Waals surface area contributed by atoms with Crippen LogP contribution in [-0.2, 0) is 11.3 Å². The van der Waals surface area contributed by atoms with Crippen molar-refractivity contribution in [2.24, 2.45) is 0 Å². The van der Waals surface area contributed by atoms with Crippen LogP contribution < -0.4 is 9.47 Å². The smallest absolute Gasteiger partial charge is 0.356 e. The number of thiophene rings is 1. The second kappa shape index (κ2) is 7.75. The van der Waals surface area contributed by atoms with Gasteiger partial charge >= 0.3 is 5.97 Å². The number of nitrogens with one attached hydrogen (secondary N) is 1. The van der Waals surface area contributed by atoms with Crippen molar-refractivity contribution in [2.45, 2.75) is 27.4 Å². The van der Waals surface area contributed by atoms with Crippen LogP contribution in [0.4, 0.5) is 0 Å². The average molecular weight is 410 g/mol. The molecule has 0 saturated heterocycles. The molecule has 6 nitrogen and oxygen atoms in total. The number of nitrogens with zero attached hydrogens (tertiary/aromatic N) is 1.